The van der Waals surface area contributed by atoms with E-state index >= 15 is 0 Å². The highest BCUT2D eigenvalue weighted by atomic mass is 32.2. The molecule has 2 aromatic carbocycles. The maximum absolute atomic E-state index is 11.7. The Morgan fingerprint density at radius 3 is 2.71 bits per heavy atom. The van der Waals surface area contributed by atoms with Crippen LogP contribution in [0, 0.1) is 0 Å². The largest absolute Gasteiger partial charge is 0.366 e. The van der Waals surface area contributed by atoms with Gasteiger partial charge < -0.3 is 10.7 Å². The second-order valence-corrected chi connectivity index (χ2v) is 7.41. The summed E-state index contributed by atoms with van der Waals surface area (Å²) in [6.45, 7) is 3.33. The lowest BCUT2D eigenvalue weighted by atomic mass is 9.98. The predicted octanol–water partition coefficient (Wildman–Crippen LogP) is 2.99. The van der Waals surface area contributed by atoms with Crippen molar-refractivity contribution in [3.8, 4) is 11.1 Å². The van der Waals surface area contributed by atoms with Crippen molar-refractivity contribution >= 4 is 26.6 Å². The molecule has 0 radical (unpaired) electrons. The van der Waals surface area contributed by atoms with Gasteiger partial charge in [-0.2, -0.15) is 0 Å². The van der Waals surface area contributed by atoms with E-state index in [1.807, 2.05) is 30.3 Å². The van der Waals surface area contributed by atoms with E-state index in [1.165, 1.54) is 0 Å². The minimum absolute atomic E-state index is 0.0972. The van der Waals surface area contributed by atoms with Crippen LogP contribution in [0.4, 0.5) is 0 Å². The van der Waals surface area contributed by atoms with E-state index in [-0.39, 0.29) is 5.75 Å². The number of aromatic nitrogens is 1. The Kier molecular flexibility index (Phi) is 3.99. The van der Waals surface area contributed by atoms with E-state index in [0.717, 1.165) is 21.9 Å². The van der Waals surface area contributed by atoms with E-state index in [1.54, 1.807) is 18.3 Å². The van der Waals surface area contributed by atoms with Gasteiger partial charge in [-0.1, -0.05) is 36.9 Å². The van der Waals surface area contributed by atoms with Crippen LogP contribution in [-0.2, 0) is 15.6 Å². The van der Waals surface area contributed by atoms with Gasteiger partial charge >= 0.3 is 0 Å². The summed E-state index contributed by atoms with van der Waals surface area (Å²) in [7, 11) is -3.32. The molecule has 0 saturated carbocycles. The molecular weight excluding hydrogens is 324 g/mol. The van der Waals surface area contributed by atoms with E-state index in [0.29, 0.717) is 16.6 Å². The number of aromatic amines is 1. The summed E-state index contributed by atoms with van der Waals surface area (Å²) in [5, 5.41) is 1.82. The Morgan fingerprint density at radius 2 is 2.00 bits per heavy atom. The van der Waals surface area contributed by atoms with Gasteiger partial charge in [0.05, 0.1) is 16.8 Å². The number of primary amides is 1. The first-order valence-electron chi connectivity index (χ1n) is 7.26. The summed E-state index contributed by atoms with van der Waals surface area (Å²) in [5.41, 5.74) is 8.93. The molecule has 0 aliphatic carbocycles. The normalized spacial score (nSPS) is 11.5. The summed E-state index contributed by atoms with van der Waals surface area (Å²) < 4.78 is 23.5. The summed E-state index contributed by atoms with van der Waals surface area (Å²) in [5.74, 6) is -0.597. The minimum Gasteiger partial charge on any atom is -0.366 e. The van der Waals surface area contributed by atoms with Crippen LogP contribution >= 0.6 is 0 Å². The van der Waals surface area contributed by atoms with E-state index in [9.17, 15) is 13.2 Å². The zero-order chi connectivity index (χ0) is 17.3. The number of amides is 1. The van der Waals surface area contributed by atoms with Crippen LogP contribution in [0.5, 0.6) is 0 Å². The van der Waals surface area contributed by atoms with Gasteiger partial charge in [-0.25, -0.2) is 8.42 Å². The minimum atomic E-state index is -3.32. The fourth-order valence-corrected chi connectivity index (χ4v) is 3.50. The van der Waals surface area contributed by atoms with Crippen LogP contribution < -0.4 is 5.73 Å². The van der Waals surface area contributed by atoms with E-state index < -0.39 is 15.7 Å². The summed E-state index contributed by atoms with van der Waals surface area (Å²) in [6, 6.07) is 12.6. The second-order valence-electron chi connectivity index (χ2n) is 5.47. The number of H-pyrrole nitrogens is 1. The van der Waals surface area contributed by atoms with Crippen LogP contribution in [0.3, 0.4) is 0 Å². The summed E-state index contributed by atoms with van der Waals surface area (Å²) in [6.07, 6.45) is 1.74. The lowest BCUT2D eigenvalue weighted by Crippen LogP contribution is -2.11. The molecule has 6 heteroatoms. The fourth-order valence-electron chi connectivity index (χ4n) is 2.73. The lowest BCUT2D eigenvalue weighted by molar-refractivity contribution is 0.100. The first-order chi connectivity index (χ1) is 11.4. The summed E-state index contributed by atoms with van der Waals surface area (Å²) >= 11 is 0. The zero-order valence-corrected chi connectivity index (χ0v) is 13.6. The van der Waals surface area contributed by atoms with Gasteiger partial charge in [0, 0.05) is 17.0 Å². The number of carbonyl (C=O) groups excluding carboxylic acids is 1. The van der Waals surface area contributed by atoms with Gasteiger partial charge in [0.1, 0.15) is 0 Å². The molecule has 3 aromatic rings. The number of rotatable bonds is 5. The number of hydrogen-bond acceptors (Lipinski definition) is 3. The van der Waals surface area contributed by atoms with Crippen molar-refractivity contribution < 1.29 is 13.2 Å². The molecular formula is C18H16N2O3S. The standard InChI is InChI=1S/C18H16N2O3S/c1-2-24(22,23)11-12-4-3-5-13(10-12)14-6-7-16(18(19)21)17-15(14)8-9-20-17/h2-10,20H,1,11H2,(H2,19,21). The van der Waals surface area contributed by atoms with Gasteiger partial charge in [-0.3, -0.25) is 4.79 Å². The van der Waals surface area contributed by atoms with Gasteiger partial charge in [-0.05, 0) is 28.8 Å². The third-order valence-electron chi connectivity index (χ3n) is 3.85. The highest BCUT2D eigenvalue weighted by Crippen LogP contribution is 2.31. The van der Waals surface area contributed by atoms with Gasteiger partial charge in [0.2, 0.25) is 0 Å². The van der Waals surface area contributed by atoms with Crippen molar-refractivity contribution in [1.29, 1.82) is 0 Å². The number of nitrogens with one attached hydrogen (secondary N) is 1. The zero-order valence-electron chi connectivity index (χ0n) is 12.8. The number of carbonyl (C=O) groups is 1. The highest BCUT2D eigenvalue weighted by Gasteiger charge is 2.13. The van der Waals surface area contributed by atoms with Crippen molar-refractivity contribution in [2.45, 2.75) is 5.75 Å². The Labute approximate surface area is 139 Å². The van der Waals surface area contributed by atoms with Gasteiger partial charge in [-0.15, -0.1) is 0 Å². The molecule has 0 aliphatic rings. The molecule has 3 rings (SSSR count). The smallest absolute Gasteiger partial charge is 0.250 e. The second kappa shape index (κ2) is 5.98. The van der Waals surface area contributed by atoms with Crippen molar-refractivity contribution in [3.63, 3.8) is 0 Å². The maximum atomic E-state index is 11.7. The Morgan fingerprint density at radius 1 is 1.21 bits per heavy atom. The monoisotopic (exact) mass is 340 g/mol. The van der Waals surface area contributed by atoms with Crippen LogP contribution in [0.15, 0.2) is 60.6 Å². The molecule has 0 spiro atoms. The molecule has 24 heavy (non-hydrogen) atoms. The molecule has 0 unspecified atom stereocenters. The maximum Gasteiger partial charge on any atom is 0.250 e. The lowest BCUT2D eigenvalue weighted by Gasteiger charge is -2.08. The van der Waals surface area contributed by atoms with Crippen LogP contribution in [0.2, 0.25) is 0 Å². The van der Waals surface area contributed by atoms with Gasteiger partial charge in [0.25, 0.3) is 5.91 Å². The Bertz CT molecular complexity index is 1050. The van der Waals surface area contributed by atoms with Gasteiger partial charge in [0.15, 0.2) is 9.84 Å². The third-order valence-corrected chi connectivity index (χ3v) is 5.09. The topological polar surface area (TPSA) is 93.0 Å². The quantitative estimate of drug-likeness (QED) is 0.748. The van der Waals surface area contributed by atoms with Crippen molar-refractivity contribution in [1.82, 2.24) is 4.98 Å². The molecule has 1 amide bonds. The molecule has 122 valence electrons. The van der Waals surface area contributed by atoms with Crippen molar-refractivity contribution in [2.75, 3.05) is 0 Å². The number of benzene rings is 2. The molecule has 0 fully saturated rings. The summed E-state index contributed by atoms with van der Waals surface area (Å²) in [4.78, 5) is 14.6. The Balaban J connectivity index is 2.12. The fraction of sp³-hybridized carbons (Fsp3) is 0.0556. The van der Waals surface area contributed by atoms with E-state index in [2.05, 4.69) is 11.6 Å². The molecule has 1 heterocycles. The number of nitrogens with two attached hydrogens (primary N) is 1. The molecule has 0 aliphatic heterocycles. The molecule has 0 atom stereocenters. The Hall–Kier alpha value is -2.86. The molecule has 3 N–H and O–H groups in total. The predicted molar refractivity (Wildman–Crippen MR) is 95.1 cm³/mol. The van der Waals surface area contributed by atoms with Crippen LogP contribution in [0.25, 0.3) is 22.0 Å². The van der Waals surface area contributed by atoms with Crippen LogP contribution in [0.1, 0.15) is 15.9 Å². The van der Waals surface area contributed by atoms with Crippen LogP contribution in [-0.4, -0.2) is 19.3 Å². The molecule has 0 saturated heterocycles. The molecule has 0 bridgehead atoms. The number of fused-ring (bicyclic) bond motifs is 1. The number of hydrogen-bond donors (Lipinski definition) is 2. The van der Waals surface area contributed by atoms with Crippen molar-refractivity contribution in [2.24, 2.45) is 5.73 Å². The average molecular weight is 340 g/mol. The third kappa shape index (κ3) is 2.96. The first-order valence-corrected chi connectivity index (χ1v) is 8.97. The average Bonchev–Trinajstić information content (AvgIpc) is 3.03. The molecule has 5 nitrogen and oxygen atoms in total. The number of sulfone groups is 1. The van der Waals surface area contributed by atoms with E-state index in [4.69, 9.17) is 5.73 Å². The first kappa shape index (κ1) is 16.0. The highest BCUT2D eigenvalue weighted by molar-refractivity contribution is 7.93. The molecule has 1 aromatic heterocycles. The SMILES string of the molecule is C=CS(=O)(=O)Cc1cccc(-c2ccc(C(N)=O)c3[nH]ccc23)c1. The van der Waals surface area contributed by atoms with Crippen molar-refractivity contribution in [3.05, 3.63) is 71.8 Å².